The van der Waals surface area contributed by atoms with E-state index in [1.165, 1.54) is 43.5 Å². The third-order valence-electron chi connectivity index (χ3n) is 4.55. The van der Waals surface area contributed by atoms with Gasteiger partial charge in [-0.15, -0.1) is 0 Å². The minimum Gasteiger partial charge on any atom is -0.495 e. The van der Waals surface area contributed by atoms with E-state index >= 15 is 0 Å². The molecule has 0 saturated carbocycles. The summed E-state index contributed by atoms with van der Waals surface area (Å²) in [5.41, 5.74) is 3.63. The molecule has 1 aliphatic carbocycles. The molecule has 0 amide bonds. The Labute approximate surface area is 115 Å². The predicted molar refractivity (Wildman–Crippen MR) is 77.2 cm³/mol. The first kappa shape index (κ1) is 12.7. The van der Waals surface area contributed by atoms with E-state index in [0.29, 0.717) is 0 Å². The number of nitrogens with one attached hydrogen (secondary N) is 1. The zero-order valence-corrected chi connectivity index (χ0v) is 11.8. The average Bonchev–Trinajstić information content (AvgIpc) is 2.47. The van der Waals surface area contributed by atoms with Crippen LogP contribution in [0.2, 0.25) is 0 Å². The number of pyridine rings is 1. The van der Waals surface area contributed by atoms with Crippen LogP contribution in [0, 0.1) is 18.8 Å². The summed E-state index contributed by atoms with van der Waals surface area (Å²) in [7, 11) is 1.71. The normalized spacial score (nSPS) is 26.5. The number of aryl methyl sites for hydroxylation is 1. The Kier molecular flexibility index (Phi) is 3.56. The maximum Gasteiger partial charge on any atom is 0.140 e. The van der Waals surface area contributed by atoms with Crippen LogP contribution in [0.3, 0.4) is 0 Å². The molecule has 1 aromatic heterocycles. The molecule has 2 aliphatic rings. The van der Waals surface area contributed by atoms with Crippen molar-refractivity contribution in [2.45, 2.75) is 26.2 Å². The quantitative estimate of drug-likeness (QED) is 0.885. The van der Waals surface area contributed by atoms with E-state index < -0.39 is 0 Å². The highest BCUT2D eigenvalue weighted by atomic mass is 16.5. The second kappa shape index (κ2) is 5.33. The van der Waals surface area contributed by atoms with Crippen molar-refractivity contribution in [3.8, 4) is 5.75 Å². The van der Waals surface area contributed by atoms with Crippen molar-refractivity contribution >= 4 is 5.57 Å². The van der Waals surface area contributed by atoms with E-state index in [1.54, 1.807) is 7.11 Å². The van der Waals surface area contributed by atoms with E-state index in [2.05, 4.69) is 22.4 Å². The highest BCUT2D eigenvalue weighted by Crippen LogP contribution is 2.38. The van der Waals surface area contributed by atoms with Crippen LogP contribution in [0.4, 0.5) is 0 Å². The molecule has 3 rings (SSSR count). The van der Waals surface area contributed by atoms with E-state index in [9.17, 15) is 0 Å². The second-order valence-electron chi connectivity index (χ2n) is 5.69. The van der Waals surface area contributed by atoms with E-state index in [4.69, 9.17) is 4.74 Å². The largest absolute Gasteiger partial charge is 0.495 e. The van der Waals surface area contributed by atoms with Gasteiger partial charge in [-0.25, -0.2) is 0 Å². The van der Waals surface area contributed by atoms with Gasteiger partial charge in [0.05, 0.1) is 12.8 Å². The molecular formula is C16H22N2O. The number of allylic oxidation sites excluding steroid dienone is 2. The number of nitrogens with zero attached hydrogens (tertiary/aromatic N) is 1. The SMILES string of the molecule is COc1cc(C2=CCC3CCNCC3C2)cnc1C. The van der Waals surface area contributed by atoms with Crippen LogP contribution >= 0.6 is 0 Å². The van der Waals surface area contributed by atoms with Crippen LogP contribution in [0.1, 0.15) is 30.5 Å². The van der Waals surface area contributed by atoms with E-state index in [0.717, 1.165) is 23.3 Å². The van der Waals surface area contributed by atoms with Crippen molar-refractivity contribution in [3.63, 3.8) is 0 Å². The number of piperidine rings is 1. The molecule has 1 fully saturated rings. The van der Waals surface area contributed by atoms with Crippen molar-refractivity contribution in [1.29, 1.82) is 0 Å². The fourth-order valence-corrected chi connectivity index (χ4v) is 3.32. The summed E-state index contributed by atoms with van der Waals surface area (Å²) in [5.74, 6) is 2.56. The molecule has 3 heteroatoms. The number of ether oxygens (including phenoxy) is 1. The van der Waals surface area contributed by atoms with Crippen molar-refractivity contribution in [1.82, 2.24) is 10.3 Å². The zero-order valence-electron chi connectivity index (χ0n) is 11.8. The molecule has 2 unspecified atom stereocenters. The molecule has 1 saturated heterocycles. The van der Waals surface area contributed by atoms with Gasteiger partial charge in [0.25, 0.3) is 0 Å². The van der Waals surface area contributed by atoms with Crippen LogP contribution in [0.5, 0.6) is 5.75 Å². The third kappa shape index (κ3) is 2.52. The molecule has 0 spiro atoms. The Morgan fingerprint density at radius 2 is 2.26 bits per heavy atom. The molecule has 0 radical (unpaired) electrons. The summed E-state index contributed by atoms with van der Waals surface area (Å²) < 4.78 is 5.38. The van der Waals surface area contributed by atoms with E-state index in [-0.39, 0.29) is 0 Å². The number of aromatic nitrogens is 1. The fourth-order valence-electron chi connectivity index (χ4n) is 3.32. The minimum atomic E-state index is 0.793. The van der Waals surface area contributed by atoms with Crippen LogP contribution in [0.15, 0.2) is 18.3 Å². The highest BCUT2D eigenvalue weighted by molar-refractivity contribution is 5.67. The lowest BCUT2D eigenvalue weighted by atomic mass is 9.75. The first-order valence-corrected chi connectivity index (χ1v) is 7.18. The third-order valence-corrected chi connectivity index (χ3v) is 4.55. The Hall–Kier alpha value is -1.35. The first-order valence-electron chi connectivity index (χ1n) is 7.18. The summed E-state index contributed by atoms with van der Waals surface area (Å²) in [6.45, 7) is 4.33. The molecule has 0 bridgehead atoms. The number of hydrogen-bond donors (Lipinski definition) is 1. The molecule has 102 valence electrons. The Balaban J connectivity index is 1.84. The summed E-state index contributed by atoms with van der Waals surface area (Å²) in [5, 5.41) is 3.52. The molecule has 1 aliphatic heterocycles. The van der Waals surface area contributed by atoms with E-state index in [1.807, 2.05) is 13.1 Å². The number of rotatable bonds is 2. The number of methoxy groups -OCH3 is 1. The maximum atomic E-state index is 5.38. The van der Waals surface area contributed by atoms with Gasteiger partial charge in [0.15, 0.2) is 0 Å². The molecule has 1 N–H and O–H groups in total. The van der Waals surface area contributed by atoms with Gasteiger partial charge in [-0.2, -0.15) is 0 Å². The average molecular weight is 258 g/mol. The Morgan fingerprint density at radius 1 is 1.37 bits per heavy atom. The maximum absolute atomic E-state index is 5.38. The summed E-state index contributed by atoms with van der Waals surface area (Å²) >= 11 is 0. The summed E-state index contributed by atoms with van der Waals surface area (Å²) in [4.78, 5) is 4.45. The molecule has 2 atom stereocenters. The molecule has 2 heterocycles. The van der Waals surface area contributed by atoms with Crippen molar-refractivity contribution < 1.29 is 4.74 Å². The smallest absolute Gasteiger partial charge is 0.140 e. The Morgan fingerprint density at radius 3 is 3.11 bits per heavy atom. The Bertz CT molecular complexity index is 496. The standard InChI is InChI=1S/C16H22N2O/c1-11-16(19-2)8-15(10-18-11)13-4-3-12-5-6-17-9-14(12)7-13/h4,8,10,12,14,17H,3,5-7,9H2,1-2H3. The molecule has 1 aromatic rings. The zero-order chi connectivity index (χ0) is 13.2. The minimum absolute atomic E-state index is 0.793. The van der Waals surface area contributed by atoms with Crippen LogP contribution < -0.4 is 10.1 Å². The van der Waals surface area contributed by atoms with Gasteiger partial charge in [0.1, 0.15) is 5.75 Å². The second-order valence-corrected chi connectivity index (χ2v) is 5.69. The van der Waals surface area contributed by atoms with Crippen molar-refractivity contribution in [3.05, 3.63) is 29.6 Å². The van der Waals surface area contributed by atoms with Gasteiger partial charge in [-0.1, -0.05) is 6.08 Å². The van der Waals surface area contributed by atoms with Crippen molar-refractivity contribution in [2.24, 2.45) is 11.8 Å². The van der Waals surface area contributed by atoms with Crippen LogP contribution in [-0.4, -0.2) is 25.2 Å². The predicted octanol–water partition coefficient (Wildman–Crippen LogP) is 2.80. The molecule has 19 heavy (non-hydrogen) atoms. The summed E-state index contributed by atoms with van der Waals surface area (Å²) in [6, 6.07) is 2.13. The van der Waals surface area contributed by atoms with Gasteiger partial charge in [-0.3, -0.25) is 4.98 Å². The van der Waals surface area contributed by atoms with Crippen LogP contribution in [-0.2, 0) is 0 Å². The highest BCUT2D eigenvalue weighted by Gasteiger charge is 2.28. The van der Waals surface area contributed by atoms with Crippen molar-refractivity contribution in [2.75, 3.05) is 20.2 Å². The van der Waals surface area contributed by atoms with Crippen LogP contribution in [0.25, 0.3) is 5.57 Å². The van der Waals surface area contributed by atoms with Gasteiger partial charge in [0, 0.05) is 6.20 Å². The fraction of sp³-hybridized carbons (Fsp3) is 0.562. The topological polar surface area (TPSA) is 34.1 Å². The molecular weight excluding hydrogens is 236 g/mol. The number of fused-ring (bicyclic) bond motifs is 1. The lowest BCUT2D eigenvalue weighted by Crippen LogP contribution is -2.37. The monoisotopic (exact) mass is 258 g/mol. The summed E-state index contributed by atoms with van der Waals surface area (Å²) in [6.07, 6.45) is 8.12. The first-order chi connectivity index (χ1) is 9.28. The van der Waals surface area contributed by atoms with Gasteiger partial charge >= 0.3 is 0 Å². The molecule has 3 nitrogen and oxygen atoms in total. The van der Waals surface area contributed by atoms with Gasteiger partial charge in [0.2, 0.25) is 0 Å². The number of hydrogen-bond acceptors (Lipinski definition) is 3. The molecule has 0 aromatic carbocycles. The lowest BCUT2D eigenvalue weighted by molar-refractivity contribution is 0.252. The lowest BCUT2D eigenvalue weighted by Gasteiger charge is -2.35. The van der Waals surface area contributed by atoms with Gasteiger partial charge < -0.3 is 10.1 Å². The van der Waals surface area contributed by atoms with Gasteiger partial charge in [-0.05, 0) is 68.3 Å².